The van der Waals surface area contributed by atoms with Gasteiger partial charge in [-0.15, -0.1) is 0 Å². The fraction of sp³-hybridized carbons (Fsp3) is 0.211. The molecule has 0 bridgehead atoms. The van der Waals surface area contributed by atoms with Gasteiger partial charge in [-0.2, -0.15) is 0 Å². The summed E-state index contributed by atoms with van der Waals surface area (Å²) in [5, 5.41) is 3.69. The summed E-state index contributed by atoms with van der Waals surface area (Å²) in [7, 11) is 1.57. The monoisotopic (exact) mass is 417 g/mol. The lowest BCUT2D eigenvalue weighted by molar-refractivity contribution is -0.0171. The Bertz CT molecular complexity index is 981. The highest BCUT2D eigenvalue weighted by Crippen LogP contribution is 2.32. The molecule has 0 unspecified atom stereocenters. The number of para-hydroxylation sites is 1. The average Bonchev–Trinajstić information content (AvgIpc) is 3.10. The standard InChI is InChI=1S/C19H16BrNO5/c1-23-15-4-2-3-11-7-16(26-18(11)15)19(22)21-8-12-5-14(20)6-13-9-24-10-25-17(12)13/h2-7H,8-10H2,1H3,(H,21,22). The molecule has 1 aliphatic rings. The van der Waals surface area contributed by atoms with Crippen molar-refractivity contribution in [2.24, 2.45) is 0 Å². The first-order valence-corrected chi connectivity index (χ1v) is 8.81. The zero-order valence-electron chi connectivity index (χ0n) is 14.0. The minimum absolute atomic E-state index is 0.207. The van der Waals surface area contributed by atoms with E-state index in [1.54, 1.807) is 19.2 Å². The Morgan fingerprint density at radius 2 is 2.19 bits per heavy atom. The topological polar surface area (TPSA) is 69.9 Å². The first-order chi connectivity index (χ1) is 12.7. The number of rotatable bonds is 4. The van der Waals surface area contributed by atoms with Crippen LogP contribution in [0.2, 0.25) is 0 Å². The van der Waals surface area contributed by atoms with Crippen LogP contribution < -0.4 is 14.8 Å². The van der Waals surface area contributed by atoms with E-state index < -0.39 is 0 Å². The van der Waals surface area contributed by atoms with E-state index in [4.69, 9.17) is 18.6 Å². The van der Waals surface area contributed by atoms with Crippen LogP contribution in [0, 0.1) is 0 Å². The smallest absolute Gasteiger partial charge is 0.287 e. The molecule has 0 spiro atoms. The molecule has 26 heavy (non-hydrogen) atoms. The SMILES string of the molecule is COc1cccc2cc(C(=O)NCc3cc(Br)cc4c3OCOC4)oc12. The van der Waals surface area contributed by atoms with Gasteiger partial charge < -0.3 is 23.9 Å². The molecule has 2 heterocycles. The van der Waals surface area contributed by atoms with Gasteiger partial charge in [0.05, 0.1) is 13.7 Å². The summed E-state index contributed by atoms with van der Waals surface area (Å²) in [6, 6.07) is 11.1. The largest absolute Gasteiger partial charge is 0.493 e. The van der Waals surface area contributed by atoms with Gasteiger partial charge in [-0.3, -0.25) is 4.79 Å². The van der Waals surface area contributed by atoms with Gasteiger partial charge in [-0.25, -0.2) is 0 Å². The van der Waals surface area contributed by atoms with Gasteiger partial charge >= 0.3 is 0 Å². The normalized spacial score (nSPS) is 13.2. The van der Waals surface area contributed by atoms with Crippen molar-refractivity contribution in [3.63, 3.8) is 0 Å². The lowest BCUT2D eigenvalue weighted by atomic mass is 10.1. The Balaban J connectivity index is 1.55. The molecule has 0 atom stereocenters. The summed E-state index contributed by atoms with van der Waals surface area (Å²) in [6.45, 7) is 1.01. The number of fused-ring (bicyclic) bond motifs is 2. The van der Waals surface area contributed by atoms with Gasteiger partial charge in [-0.05, 0) is 24.3 Å². The zero-order valence-corrected chi connectivity index (χ0v) is 15.6. The Kier molecular flexibility index (Phi) is 4.57. The summed E-state index contributed by atoms with van der Waals surface area (Å²) in [5.74, 6) is 1.28. The van der Waals surface area contributed by atoms with Crippen molar-refractivity contribution in [1.29, 1.82) is 0 Å². The first kappa shape index (κ1) is 16.9. The average molecular weight is 418 g/mol. The van der Waals surface area contributed by atoms with Crippen molar-refractivity contribution in [3.8, 4) is 11.5 Å². The molecule has 3 aromatic rings. The molecule has 134 valence electrons. The van der Waals surface area contributed by atoms with Crippen LogP contribution in [0.5, 0.6) is 11.5 Å². The minimum Gasteiger partial charge on any atom is -0.493 e. The molecule has 1 aliphatic heterocycles. The number of hydrogen-bond acceptors (Lipinski definition) is 5. The number of hydrogen-bond donors (Lipinski definition) is 1. The molecule has 6 nitrogen and oxygen atoms in total. The molecule has 1 amide bonds. The van der Waals surface area contributed by atoms with Crippen molar-refractivity contribution in [2.75, 3.05) is 13.9 Å². The minimum atomic E-state index is -0.302. The van der Waals surface area contributed by atoms with Gasteiger partial charge in [0.25, 0.3) is 5.91 Å². The van der Waals surface area contributed by atoms with E-state index in [9.17, 15) is 4.79 Å². The van der Waals surface area contributed by atoms with Crippen molar-refractivity contribution in [3.05, 3.63) is 57.8 Å². The highest BCUT2D eigenvalue weighted by Gasteiger charge is 2.19. The number of methoxy groups -OCH3 is 1. The molecule has 7 heteroatoms. The van der Waals surface area contributed by atoms with Crippen molar-refractivity contribution in [1.82, 2.24) is 5.32 Å². The molecule has 0 fully saturated rings. The van der Waals surface area contributed by atoms with Crippen molar-refractivity contribution < 1.29 is 23.4 Å². The van der Waals surface area contributed by atoms with E-state index in [1.165, 1.54) is 0 Å². The fourth-order valence-electron chi connectivity index (χ4n) is 2.96. The lowest BCUT2D eigenvalue weighted by Crippen LogP contribution is -2.23. The van der Waals surface area contributed by atoms with Crippen molar-refractivity contribution >= 4 is 32.8 Å². The number of benzene rings is 2. The highest BCUT2D eigenvalue weighted by atomic mass is 79.9. The van der Waals surface area contributed by atoms with E-state index in [0.29, 0.717) is 24.5 Å². The first-order valence-electron chi connectivity index (χ1n) is 8.02. The number of nitrogens with one attached hydrogen (secondary N) is 1. The van der Waals surface area contributed by atoms with Crippen LogP contribution in [0.3, 0.4) is 0 Å². The van der Waals surface area contributed by atoms with Gasteiger partial charge in [0.2, 0.25) is 0 Å². The zero-order chi connectivity index (χ0) is 18.1. The third kappa shape index (κ3) is 3.15. The van der Waals surface area contributed by atoms with E-state index in [2.05, 4.69) is 21.2 Å². The predicted octanol–water partition coefficient (Wildman–Crippen LogP) is 4.00. The van der Waals surface area contributed by atoms with E-state index in [0.717, 1.165) is 26.7 Å². The molecule has 2 aromatic carbocycles. The van der Waals surface area contributed by atoms with Gasteiger partial charge in [-0.1, -0.05) is 28.1 Å². The van der Waals surface area contributed by atoms with E-state index in [-0.39, 0.29) is 18.5 Å². The van der Waals surface area contributed by atoms with Crippen LogP contribution in [-0.4, -0.2) is 19.8 Å². The maximum Gasteiger partial charge on any atom is 0.287 e. The Morgan fingerprint density at radius 1 is 1.31 bits per heavy atom. The van der Waals surface area contributed by atoms with Crippen LogP contribution >= 0.6 is 15.9 Å². The van der Waals surface area contributed by atoms with E-state index >= 15 is 0 Å². The number of carbonyl (C=O) groups is 1. The molecular formula is C19H16BrNO5. The second-order valence-electron chi connectivity index (χ2n) is 5.84. The Labute approximate surface area is 158 Å². The number of carbonyl (C=O) groups excluding carboxylic acids is 1. The molecule has 0 saturated carbocycles. The molecule has 0 saturated heterocycles. The number of furan rings is 1. The number of halogens is 1. The lowest BCUT2D eigenvalue weighted by Gasteiger charge is -2.21. The molecule has 0 radical (unpaired) electrons. The van der Waals surface area contributed by atoms with Crippen LogP contribution in [0.4, 0.5) is 0 Å². The Hall–Kier alpha value is -2.51. The molecule has 0 aliphatic carbocycles. The highest BCUT2D eigenvalue weighted by molar-refractivity contribution is 9.10. The van der Waals surface area contributed by atoms with Crippen LogP contribution in [-0.2, 0) is 17.9 Å². The Morgan fingerprint density at radius 3 is 3.04 bits per heavy atom. The number of amides is 1. The molecular weight excluding hydrogens is 402 g/mol. The van der Waals surface area contributed by atoms with Gasteiger partial charge in [0.1, 0.15) is 5.75 Å². The van der Waals surface area contributed by atoms with Gasteiger partial charge in [0.15, 0.2) is 23.9 Å². The fourth-order valence-corrected chi connectivity index (χ4v) is 3.51. The van der Waals surface area contributed by atoms with Gasteiger partial charge in [0, 0.05) is 27.5 Å². The molecule has 1 N–H and O–H groups in total. The van der Waals surface area contributed by atoms with E-state index in [1.807, 2.05) is 24.3 Å². The summed E-state index contributed by atoms with van der Waals surface area (Å²) in [5.41, 5.74) is 2.38. The third-order valence-corrected chi connectivity index (χ3v) is 4.60. The van der Waals surface area contributed by atoms with Crippen LogP contribution in [0.1, 0.15) is 21.7 Å². The number of ether oxygens (including phenoxy) is 3. The second kappa shape index (κ2) is 7.01. The molecule has 4 rings (SSSR count). The summed E-state index contributed by atoms with van der Waals surface area (Å²) >= 11 is 3.48. The summed E-state index contributed by atoms with van der Waals surface area (Å²) in [4.78, 5) is 12.5. The van der Waals surface area contributed by atoms with Crippen molar-refractivity contribution in [2.45, 2.75) is 13.2 Å². The predicted molar refractivity (Wildman–Crippen MR) is 98.4 cm³/mol. The van der Waals surface area contributed by atoms with Crippen LogP contribution in [0.15, 0.2) is 45.3 Å². The van der Waals surface area contributed by atoms with Crippen LogP contribution in [0.25, 0.3) is 11.0 Å². The quantitative estimate of drug-likeness (QED) is 0.694. The molecule has 1 aromatic heterocycles. The maximum absolute atomic E-state index is 12.5. The summed E-state index contributed by atoms with van der Waals surface area (Å²) in [6.07, 6.45) is 0. The maximum atomic E-state index is 12.5. The third-order valence-electron chi connectivity index (χ3n) is 4.14. The second-order valence-corrected chi connectivity index (χ2v) is 6.75. The summed E-state index contributed by atoms with van der Waals surface area (Å²) < 4.78 is 22.7.